The molecule has 2 heterocycles. The molecule has 0 fully saturated rings. The van der Waals surface area contributed by atoms with Crippen molar-refractivity contribution in [3.05, 3.63) is 39.7 Å². The van der Waals surface area contributed by atoms with E-state index in [1.54, 1.807) is 18.3 Å². The molecule has 5 heteroatoms. The lowest BCUT2D eigenvalue weighted by atomic mass is 10.3. The van der Waals surface area contributed by atoms with Crippen molar-refractivity contribution in [1.82, 2.24) is 4.98 Å². The van der Waals surface area contributed by atoms with Crippen LogP contribution in [0.15, 0.2) is 24.4 Å². The molecule has 88 valence electrons. The Morgan fingerprint density at radius 3 is 2.71 bits per heavy atom. The maximum absolute atomic E-state index is 11.9. The van der Waals surface area contributed by atoms with Crippen LogP contribution in [0, 0.1) is 13.8 Å². The molecule has 0 spiro atoms. The van der Waals surface area contributed by atoms with E-state index in [9.17, 15) is 4.79 Å². The Labute approximate surface area is 103 Å². The molecule has 0 unspecified atom stereocenters. The van der Waals surface area contributed by atoms with E-state index in [0.717, 1.165) is 10.4 Å². The second-order valence-electron chi connectivity index (χ2n) is 3.80. The van der Waals surface area contributed by atoms with Crippen LogP contribution in [-0.4, -0.2) is 10.9 Å². The minimum atomic E-state index is -0.175. The van der Waals surface area contributed by atoms with Crippen LogP contribution in [-0.2, 0) is 0 Å². The number of nitrogen functional groups attached to an aromatic ring is 1. The molecule has 4 nitrogen and oxygen atoms in total. The van der Waals surface area contributed by atoms with Gasteiger partial charge in [-0.2, -0.15) is 0 Å². The van der Waals surface area contributed by atoms with Crippen molar-refractivity contribution < 1.29 is 4.79 Å². The van der Waals surface area contributed by atoms with E-state index in [-0.39, 0.29) is 5.91 Å². The summed E-state index contributed by atoms with van der Waals surface area (Å²) in [6.45, 7) is 3.84. The Bertz CT molecular complexity index is 526. The molecule has 0 aromatic carbocycles. The Hall–Kier alpha value is -1.88. The molecule has 0 bridgehead atoms. The monoisotopic (exact) mass is 247 g/mol. The van der Waals surface area contributed by atoms with Gasteiger partial charge in [0.1, 0.15) is 5.82 Å². The Morgan fingerprint density at radius 1 is 1.41 bits per heavy atom. The maximum atomic E-state index is 11.9. The largest absolute Gasteiger partial charge is 0.398 e. The van der Waals surface area contributed by atoms with Gasteiger partial charge in [-0.3, -0.25) is 4.79 Å². The minimum Gasteiger partial charge on any atom is -0.398 e. The number of amides is 1. The second kappa shape index (κ2) is 4.55. The highest BCUT2D eigenvalue weighted by Gasteiger charge is 2.11. The number of carbonyl (C=O) groups excluding carboxylic acids is 1. The van der Waals surface area contributed by atoms with Gasteiger partial charge in [-0.15, -0.1) is 11.3 Å². The number of aromatic nitrogens is 1. The van der Waals surface area contributed by atoms with Crippen LogP contribution < -0.4 is 11.1 Å². The van der Waals surface area contributed by atoms with Crippen molar-refractivity contribution in [2.75, 3.05) is 11.1 Å². The van der Waals surface area contributed by atoms with Crippen molar-refractivity contribution in [3.8, 4) is 0 Å². The molecule has 0 aliphatic carbocycles. The van der Waals surface area contributed by atoms with Gasteiger partial charge in [-0.25, -0.2) is 4.98 Å². The van der Waals surface area contributed by atoms with E-state index in [0.29, 0.717) is 16.4 Å². The number of hydrogen-bond acceptors (Lipinski definition) is 4. The first-order chi connectivity index (χ1) is 8.06. The molecule has 2 aromatic heterocycles. The number of nitrogens with one attached hydrogen (secondary N) is 1. The first-order valence-electron chi connectivity index (χ1n) is 5.16. The smallest absolute Gasteiger partial charge is 0.266 e. The summed E-state index contributed by atoms with van der Waals surface area (Å²) in [5, 5.41) is 2.73. The number of thiophene rings is 1. The van der Waals surface area contributed by atoms with Gasteiger partial charge in [0, 0.05) is 16.8 Å². The molecule has 0 saturated heterocycles. The second-order valence-corrected chi connectivity index (χ2v) is 5.05. The third kappa shape index (κ3) is 2.62. The van der Waals surface area contributed by atoms with Gasteiger partial charge in [0.15, 0.2) is 0 Å². The lowest BCUT2D eigenvalue weighted by molar-refractivity contribution is 0.103. The number of rotatable bonds is 2. The summed E-state index contributed by atoms with van der Waals surface area (Å²) in [7, 11) is 0. The highest BCUT2D eigenvalue weighted by molar-refractivity contribution is 7.14. The maximum Gasteiger partial charge on any atom is 0.266 e. The zero-order valence-electron chi connectivity index (χ0n) is 9.65. The highest BCUT2D eigenvalue weighted by atomic mass is 32.1. The third-order valence-corrected chi connectivity index (χ3v) is 3.40. The molecular formula is C12H13N3OS. The Morgan fingerprint density at radius 2 is 2.18 bits per heavy atom. The number of nitrogens with zero attached hydrogens (tertiary/aromatic N) is 1. The van der Waals surface area contributed by atoms with Gasteiger partial charge in [0.05, 0.1) is 4.88 Å². The first-order valence-corrected chi connectivity index (χ1v) is 5.98. The summed E-state index contributed by atoms with van der Waals surface area (Å²) in [4.78, 5) is 17.5. The molecule has 3 N–H and O–H groups in total. The molecule has 0 atom stereocenters. The van der Waals surface area contributed by atoms with Crippen LogP contribution in [0.25, 0.3) is 0 Å². The summed E-state index contributed by atoms with van der Waals surface area (Å²) in [5.41, 5.74) is 7.41. The van der Waals surface area contributed by atoms with Crippen LogP contribution in [0.2, 0.25) is 0 Å². The fourth-order valence-electron chi connectivity index (χ4n) is 1.33. The zero-order valence-corrected chi connectivity index (χ0v) is 10.5. The molecule has 0 saturated carbocycles. The van der Waals surface area contributed by atoms with Gasteiger partial charge in [-0.1, -0.05) is 6.07 Å². The molecule has 17 heavy (non-hydrogen) atoms. The molecular weight excluding hydrogens is 234 g/mol. The summed E-state index contributed by atoms with van der Waals surface area (Å²) >= 11 is 1.38. The molecule has 1 amide bonds. The quantitative estimate of drug-likeness (QED) is 0.857. The summed E-state index contributed by atoms with van der Waals surface area (Å²) in [6.07, 6.45) is 1.71. The number of nitrogens with two attached hydrogens (primary N) is 1. The summed E-state index contributed by atoms with van der Waals surface area (Å²) in [5.74, 6) is 0.372. The van der Waals surface area contributed by atoms with Gasteiger partial charge in [-0.05, 0) is 31.5 Å². The van der Waals surface area contributed by atoms with Crippen LogP contribution in [0.1, 0.15) is 20.1 Å². The van der Waals surface area contributed by atoms with Crippen molar-refractivity contribution in [2.45, 2.75) is 13.8 Å². The average Bonchev–Trinajstić information content (AvgIpc) is 2.63. The molecule has 0 radical (unpaired) electrons. The van der Waals surface area contributed by atoms with E-state index in [2.05, 4.69) is 10.3 Å². The number of carbonyl (C=O) groups is 1. The topological polar surface area (TPSA) is 68.0 Å². The lowest BCUT2D eigenvalue weighted by Crippen LogP contribution is -2.11. The van der Waals surface area contributed by atoms with E-state index < -0.39 is 0 Å². The minimum absolute atomic E-state index is 0.175. The number of aryl methyl sites for hydroxylation is 2. The molecule has 2 rings (SSSR count). The normalized spacial score (nSPS) is 10.2. The SMILES string of the molecule is Cc1ccc(NC(=O)c2cc(N)c(C)s2)nc1. The molecule has 2 aromatic rings. The van der Waals surface area contributed by atoms with Crippen molar-refractivity contribution in [2.24, 2.45) is 0 Å². The predicted octanol–water partition coefficient (Wildman–Crippen LogP) is 2.59. The fraction of sp³-hybridized carbons (Fsp3) is 0.167. The van der Waals surface area contributed by atoms with Crippen molar-refractivity contribution in [1.29, 1.82) is 0 Å². The van der Waals surface area contributed by atoms with E-state index in [1.807, 2.05) is 19.9 Å². The number of pyridine rings is 1. The van der Waals surface area contributed by atoms with E-state index in [4.69, 9.17) is 5.73 Å². The average molecular weight is 247 g/mol. The van der Waals surface area contributed by atoms with Gasteiger partial charge < -0.3 is 11.1 Å². The van der Waals surface area contributed by atoms with Gasteiger partial charge in [0.25, 0.3) is 5.91 Å². The lowest BCUT2D eigenvalue weighted by Gasteiger charge is -2.02. The number of hydrogen-bond donors (Lipinski definition) is 2. The standard InChI is InChI=1S/C12H13N3OS/c1-7-3-4-11(14-6-7)15-12(16)10-5-9(13)8(2)17-10/h3-6H,13H2,1-2H3,(H,14,15,16). The number of anilines is 2. The van der Waals surface area contributed by atoms with Gasteiger partial charge in [0.2, 0.25) is 0 Å². The summed E-state index contributed by atoms with van der Waals surface area (Å²) < 4.78 is 0. The van der Waals surface area contributed by atoms with Crippen molar-refractivity contribution in [3.63, 3.8) is 0 Å². The Kier molecular flexibility index (Phi) is 3.10. The Balaban J connectivity index is 2.14. The van der Waals surface area contributed by atoms with Gasteiger partial charge >= 0.3 is 0 Å². The van der Waals surface area contributed by atoms with E-state index in [1.165, 1.54) is 11.3 Å². The molecule has 0 aliphatic heterocycles. The third-order valence-electron chi connectivity index (χ3n) is 2.33. The zero-order chi connectivity index (χ0) is 12.4. The summed E-state index contributed by atoms with van der Waals surface area (Å²) in [6, 6.07) is 5.36. The van der Waals surface area contributed by atoms with Crippen LogP contribution in [0.5, 0.6) is 0 Å². The van der Waals surface area contributed by atoms with E-state index >= 15 is 0 Å². The van der Waals surface area contributed by atoms with Crippen LogP contribution in [0.3, 0.4) is 0 Å². The highest BCUT2D eigenvalue weighted by Crippen LogP contribution is 2.23. The first kappa shape index (κ1) is 11.6. The fourth-order valence-corrected chi connectivity index (χ4v) is 2.16. The van der Waals surface area contributed by atoms with Crippen LogP contribution in [0.4, 0.5) is 11.5 Å². The predicted molar refractivity (Wildman–Crippen MR) is 70.4 cm³/mol. The molecule has 0 aliphatic rings. The van der Waals surface area contributed by atoms with Crippen molar-refractivity contribution >= 4 is 28.7 Å². The van der Waals surface area contributed by atoms with Crippen LogP contribution >= 0.6 is 11.3 Å².